The van der Waals surface area contributed by atoms with Crippen LogP contribution in [0.4, 0.5) is 5.82 Å². The molecule has 0 fully saturated rings. The lowest BCUT2D eigenvalue weighted by Crippen LogP contribution is -2.31. The molecule has 0 amide bonds. The van der Waals surface area contributed by atoms with Crippen LogP contribution in [0.25, 0.3) is 11.0 Å². The molecule has 2 heterocycles. The predicted molar refractivity (Wildman–Crippen MR) is 70.2 cm³/mol. The van der Waals surface area contributed by atoms with Crippen molar-refractivity contribution in [3.05, 3.63) is 17.5 Å². The van der Waals surface area contributed by atoms with Crippen LogP contribution in [0.3, 0.4) is 0 Å². The first-order valence-corrected chi connectivity index (χ1v) is 5.84. The maximum atomic E-state index is 5.86. The number of hydrogen-bond acceptors (Lipinski definition) is 4. The van der Waals surface area contributed by atoms with Crippen LogP contribution in [0.1, 0.15) is 13.8 Å². The van der Waals surface area contributed by atoms with Gasteiger partial charge in [-0.2, -0.15) is 4.98 Å². The smallest absolute Gasteiger partial charge is 0.226 e. The molecule has 92 valence electrons. The molecule has 0 saturated heterocycles. The van der Waals surface area contributed by atoms with Crippen molar-refractivity contribution in [3.8, 4) is 0 Å². The van der Waals surface area contributed by atoms with Gasteiger partial charge in [0.1, 0.15) is 11.5 Å². The van der Waals surface area contributed by atoms with Crippen LogP contribution in [-0.2, 0) is 0 Å². The molecule has 0 aliphatic carbocycles. The molecular weight excluding hydrogens is 238 g/mol. The Bertz CT molecular complexity index is 520. The van der Waals surface area contributed by atoms with E-state index in [9.17, 15) is 0 Å². The molecule has 0 atom stereocenters. The van der Waals surface area contributed by atoms with Gasteiger partial charge in [-0.05, 0) is 29.6 Å². The van der Waals surface area contributed by atoms with Gasteiger partial charge in [-0.1, -0.05) is 13.8 Å². The molecule has 2 aromatic heterocycles. The second-order valence-corrected chi connectivity index (χ2v) is 5.14. The lowest BCUT2D eigenvalue weighted by atomic mass is 9.94. The molecular formula is C11H16ClN5. The van der Waals surface area contributed by atoms with E-state index >= 15 is 0 Å². The topological polar surface area (TPSA) is 79.6 Å². The summed E-state index contributed by atoms with van der Waals surface area (Å²) in [5.41, 5.74) is 6.44. The minimum absolute atomic E-state index is 0.0139. The Kier molecular flexibility index (Phi) is 3.22. The van der Waals surface area contributed by atoms with Crippen LogP contribution in [0.5, 0.6) is 0 Å². The lowest BCUT2D eigenvalue weighted by molar-refractivity contribution is 0.405. The number of halogens is 1. The lowest BCUT2D eigenvalue weighted by Gasteiger charge is -2.23. The number of rotatable bonds is 4. The first-order chi connectivity index (χ1) is 8.02. The standard InChI is InChI=1S/C11H16ClN5/c1-11(2,5-13)6-15-9-7-3-4-14-8(7)16-10(12)17-9/h3-4H,5-6,13H2,1-2H3,(H2,14,15,16,17). The van der Waals surface area contributed by atoms with Crippen LogP contribution < -0.4 is 11.1 Å². The van der Waals surface area contributed by atoms with E-state index in [-0.39, 0.29) is 10.7 Å². The Balaban J connectivity index is 2.26. The maximum Gasteiger partial charge on any atom is 0.226 e. The Labute approximate surface area is 105 Å². The first kappa shape index (κ1) is 12.1. The molecule has 4 N–H and O–H groups in total. The highest BCUT2D eigenvalue weighted by Crippen LogP contribution is 2.22. The van der Waals surface area contributed by atoms with Crippen LogP contribution in [0, 0.1) is 5.41 Å². The third-order valence-corrected chi connectivity index (χ3v) is 2.84. The zero-order valence-corrected chi connectivity index (χ0v) is 10.7. The van der Waals surface area contributed by atoms with Crippen LogP contribution in [-0.4, -0.2) is 28.0 Å². The van der Waals surface area contributed by atoms with Gasteiger partial charge in [0.15, 0.2) is 0 Å². The molecule has 17 heavy (non-hydrogen) atoms. The highest BCUT2D eigenvalue weighted by molar-refractivity contribution is 6.28. The fourth-order valence-corrected chi connectivity index (χ4v) is 1.61. The van der Waals surface area contributed by atoms with Crippen molar-refractivity contribution in [2.75, 3.05) is 18.4 Å². The minimum atomic E-state index is 0.0139. The average Bonchev–Trinajstić information content (AvgIpc) is 2.73. The number of anilines is 1. The first-order valence-electron chi connectivity index (χ1n) is 5.46. The number of H-pyrrole nitrogens is 1. The third-order valence-electron chi connectivity index (χ3n) is 2.68. The van der Waals surface area contributed by atoms with Gasteiger partial charge in [-0.15, -0.1) is 0 Å². The monoisotopic (exact) mass is 253 g/mol. The van der Waals surface area contributed by atoms with E-state index in [0.717, 1.165) is 23.4 Å². The van der Waals surface area contributed by atoms with Crippen molar-refractivity contribution in [2.24, 2.45) is 11.1 Å². The van der Waals surface area contributed by atoms with Crippen LogP contribution >= 0.6 is 11.6 Å². The van der Waals surface area contributed by atoms with Gasteiger partial charge in [0, 0.05) is 12.7 Å². The molecule has 0 aliphatic rings. The van der Waals surface area contributed by atoms with Crippen LogP contribution in [0.2, 0.25) is 5.28 Å². The van der Waals surface area contributed by atoms with Gasteiger partial charge >= 0.3 is 0 Å². The zero-order chi connectivity index (χ0) is 12.5. The Morgan fingerprint density at radius 2 is 2.24 bits per heavy atom. The summed E-state index contributed by atoms with van der Waals surface area (Å²) in [5, 5.41) is 4.43. The number of fused-ring (bicyclic) bond motifs is 1. The predicted octanol–water partition coefficient (Wildman–Crippen LogP) is 2.01. The molecule has 5 nitrogen and oxygen atoms in total. The number of nitrogens with two attached hydrogens (primary N) is 1. The molecule has 0 bridgehead atoms. The Morgan fingerprint density at radius 3 is 2.94 bits per heavy atom. The number of nitrogens with zero attached hydrogens (tertiary/aromatic N) is 2. The minimum Gasteiger partial charge on any atom is -0.369 e. The molecule has 2 aromatic rings. The molecule has 0 aliphatic heterocycles. The normalized spacial score (nSPS) is 12.0. The van der Waals surface area contributed by atoms with Crippen molar-refractivity contribution < 1.29 is 0 Å². The van der Waals surface area contributed by atoms with Crippen molar-refractivity contribution in [1.82, 2.24) is 15.0 Å². The fourth-order valence-electron chi connectivity index (χ4n) is 1.44. The summed E-state index contributed by atoms with van der Waals surface area (Å²) < 4.78 is 0. The summed E-state index contributed by atoms with van der Waals surface area (Å²) >= 11 is 5.86. The van der Waals surface area contributed by atoms with E-state index in [4.69, 9.17) is 17.3 Å². The molecule has 0 saturated carbocycles. The van der Waals surface area contributed by atoms with Gasteiger partial charge in [0.2, 0.25) is 5.28 Å². The summed E-state index contributed by atoms with van der Waals surface area (Å²) in [6.45, 7) is 5.53. The van der Waals surface area contributed by atoms with Crippen molar-refractivity contribution in [3.63, 3.8) is 0 Å². The summed E-state index contributed by atoms with van der Waals surface area (Å²) in [6.07, 6.45) is 1.81. The molecule has 6 heteroatoms. The third kappa shape index (κ3) is 2.68. The molecule has 0 unspecified atom stereocenters. The maximum absolute atomic E-state index is 5.86. The van der Waals surface area contributed by atoms with E-state index in [2.05, 4.69) is 34.1 Å². The summed E-state index contributed by atoms with van der Waals surface area (Å²) in [5.74, 6) is 0.739. The number of nitrogens with one attached hydrogen (secondary N) is 2. The average molecular weight is 254 g/mol. The zero-order valence-electron chi connectivity index (χ0n) is 9.92. The van der Waals surface area contributed by atoms with E-state index < -0.39 is 0 Å². The quantitative estimate of drug-likeness (QED) is 0.729. The van der Waals surface area contributed by atoms with E-state index in [1.165, 1.54) is 0 Å². The summed E-state index contributed by atoms with van der Waals surface area (Å²) in [7, 11) is 0. The largest absolute Gasteiger partial charge is 0.369 e. The Morgan fingerprint density at radius 1 is 1.47 bits per heavy atom. The SMILES string of the molecule is CC(C)(CN)CNc1nc(Cl)nc2[nH]ccc12. The van der Waals surface area contributed by atoms with Crippen molar-refractivity contribution in [2.45, 2.75) is 13.8 Å². The van der Waals surface area contributed by atoms with Gasteiger partial charge in [0.25, 0.3) is 0 Å². The van der Waals surface area contributed by atoms with Gasteiger partial charge in [-0.3, -0.25) is 0 Å². The van der Waals surface area contributed by atoms with E-state index in [0.29, 0.717) is 6.54 Å². The fraction of sp³-hybridized carbons (Fsp3) is 0.455. The van der Waals surface area contributed by atoms with Gasteiger partial charge < -0.3 is 16.0 Å². The highest BCUT2D eigenvalue weighted by atomic mass is 35.5. The van der Waals surface area contributed by atoms with Gasteiger partial charge in [-0.25, -0.2) is 4.98 Å². The van der Waals surface area contributed by atoms with Gasteiger partial charge in [0.05, 0.1) is 5.39 Å². The van der Waals surface area contributed by atoms with Crippen molar-refractivity contribution in [1.29, 1.82) is 0 Å². The number of aromatic nitrogens is 3. The second kappa shape index (κ2) is 4.50. The van der Waals surface area contributed by atoms with Crippen molar-refractivity contribution >= 4 is 28.5 Å². The molecule has 0 spiro atoms. The van der Waals surface area contributed by atoms with E-state index in [1.54, 1.807) is 0 Å². The molecule has 0 radical (unpaired) electrons. The molecule has 0 aromatic carbocycles. The van der Waals surface area contributed by atoms with E-state index in [1.807, 2.05) is 12.3 Å². The molecule has 2 rings (SSSR count). The Hall–Kier alpha value is -1.33. The van der Waals surface area contributed by atoms with Crippen LogP contribution in [0.15, 0.2) is 12.3 Å². The highest BCUT2D eigenvalue weighted by Gasteiger charge is 2.16. The summed E-state index contributed by atoms with van der Waals surface area (Å²) in [4.78, 5) is 11.3. The second-order valence-electron chi connectivity index (χ2n) is 4.80. The summed E-state index contributed by atoms with van der Waals surface area (Å²) in [6, 6.07) is 1.92. The number of aromatic amines is 1. The number of hydrogen-bond donors (Lipinski definition) is 3.